The van der Waals surface area contributed by atoms with Crippen molar-refractivity contribution in [3.05, 3.63) is 180 Å². The molecule has 18 aromatic rings. The van der Waals surface area contributed by atoms with E-state index in [9.17, 15) is 0 Å². The number of H-pyrrole nitrogens is 1. The molecule has 22 rings (SSSR count). The van der Waals surface area contributed by atoms with E-state index in [1.807, 2.05) is 127 Å². The summed E-state index contributed by atoms with van der Waals surface area (Å²) >= 11 is 28.7. The second kappa shape index (κ2) is 46.2. The van der Waals surface area contributed by atoms with E-state index in [0.29, 0.717) is 54.3 Å². The lowest BCUT2D eigenvalue weighted by molar-refractivity contribution is -0.726. The fourth-order valence-electron chi connectivity index (χ4n) is 15.9. The van der Waals surface area contributed by atoms with E-state index in [1.54, 1.807) is 73.8 Å². The number of aromatic amines is 1. The predicted molar refractivity (Wildman–Crippen MR) is 574 cm³/mol. The molecule has 4 aliphatic rings. The number of likely N-dealkylation sites (tertiary alicyclic amines) is 2. The van der Waals surface area contributed by atoms with Gasteiger partial charge in [-0.05, 0) is 235 Å². The third-order valence-corrected chi connectivity index (χ3v) is 35.5. The molecule has 136 heavy (non-hydrogen) atoms. The molecule has 3 saturated heterocycles. The normalized spacial score (nSPS) is 14.7. The van der Waals surface area contributed by atoms with Gasteiger partial charge in [0.15, 0.2) is 7.05 Å². The molecule has 20 heterocycles. The molecule has 8 N–H and O–H groups in total. The van der Waals surface area contributed by atoms with Gasteiger partial charge in [-0.25, -0.2) is 59.8 Å². The quantitative estimate of drug-likeness (QED) is 0.0218. The van der Waals surface area contributed by atoms with Crippen LogP contribution >= 0.6 is 159 Å². The Kier molecular flexibility index (Phi) is 33.4. The number of hydrogen-bond acceptors (Lipinski definition) is 33. The Morgan fingerprint density at radius 3 is 1.16 bits per heavy atom. The zero-order chi connectivity index (χ0) is 94.5. The van der Waals surface area contributed by atoms with Crippen LogP contribution in [0, 0.1) is 38.2 Å². The summed E-state index contributed by atoms with van der Waals surface area (Å²) in [6, 6.07) is 7.13. The number of anilines is 12. The van der Waals surface area contributed by atoms with Gasteiger partial charge < -0.3 is 51.7 Å². The van der Waals surface area contributed by atoms with Crippen LogP contribution in [0.15, 0.2) is 152 Å². The van der Waals surface area contributed by atoms with E-state index in [-0.39, 0.29) is 6.61 Å². The number of thiophene rings is 5. The molecule has 0 spiro atoms. The zero-order valence-electron chi connectivity index (χ0n) is 76.1. The highest BCUT2D eigenvalue weighted by atomic mass is 127. The van der Waals surface area contributed by atoms with Gasteiger partial charge in [-0.2, -0.15) is 30.6 Å². The summed E-state index contributed by atoms with van der Waals surface area (Å²) in [7, 11) is 6.27. The maximum absolute atomic E-state index is 8.86. The predicted octanol–water partition coefficient (Wildman–Crippen LogP) is 21.1. The largest absolute Gasteiger partial charge is 0.394 e. The highest BCUT2D eigenvalue weighted by molar-refractivity contribution is 14.1. The number of likely N-dealkylation sites (N-methyl/N-ethyl adjacent to an activating group) is 1. The Hall–Kier alpha value is -9.25. The number of hydrogen-bond donors (Lipinski definition) is 8. The van der Waals surface area contributed by atoms with E-state index < -0.39 is 0 Å². The van der Waals surface area contributed by atoms with Crippen molar-refractivity contribution in [2.45, 2.75) is 131 Å². The standard InChI is InChI=1S/C17H22BrN7S.C17H21BrN6S.C17H18IN5.C16H19BrN6S.C12H12BrN5OS.C11H10BrN5S/c1-12-15(18)16-14(26-12)10-19-17(22-16)21-13-9-20-25(11-13)8-7-24-5-3-23(2)4-6-24;1-12-15(18)16-14(25-12)10-19-17(22-16)21-13-9-20-24(11-13)8-4-7-23-5-2-3-6-23;18-15-8-4-5-12-9-19-17(22-16(12)15)21-13-10-20-23(11-13)14-6-2-1-3-7-14;1-10-14(17)15-13(24-10)8-18-16(21-15)20-11-7-19-23(9-11)12-3-5-22(2)6-4-12;1-7-10(13)11-9(20-7)5-14-12(17-11)16-8-4-15-18(6-8)2-3-19;1-6-9(12)10-8(18-6)4-13-11(16-10)15-7-3-14-17(2)5-7/h9-11H,3-8H2,1-2H3,(H,19,21,22);9-11H,2-8H2,1H3,(H,19,21,22);4-5,8-11,14H,1-3,6-7H2,(H,19,21,22);7-9,12H,3-6H2,1-2H3,(H,18,20,21);4-6,19H,2-3H2,1H3,(H,14,16,17);3-5H,1-2H3,(H,13,15,16)/p+1. The summed E-state index contributed by atoms with van der Waals surface area (Å²) in [6.45, 7) is 24.2. The van der Waals surface area contributed by atoms with Gasteiger partial charge >= 0.3 is 0 Å². The molecule has 1 saturated carbocycles. The number of aliphatic hydroxyl groups is 1. The second-order valence-electron chi connectivity index (χ2n) is 33.5. The van der Waals surface area contributed by atoms with Gasteiger partial charge in [0.2, 0.25) is 41.9 Å². The number of para-hydroxylation sites is 1. The molecule has 710 valence electrons. The van der Waals surface area contributed by atoms with Crippen molar-refractivity contribution in [2.24, 2.45) is 7.05 Å². The van der Waals surface area contributed by atoms with E-state index in [1.165, 1.54) is 82.4 Å². The Balaban J connectivity index is 0.000000114. The molecule has 0 radical (unpaired) electrons. The third kappa shape index (κ3) is 25.5. The Bertz CT molecular complexity index is 7070. The fourth-order valence-corrected chi connectivity index (χ4v) is 24.3. The number of aromatic nitrogens is 24. The van der Waals surface area contributed by atoms with Crippen LogP contribution in [0.2, 0.25) is 0 Å². The average Bonchev–Trinajstić information content (AvgIpc) is 1.68. The molecule has 4 fully saturated rings. The minimum atomic E-state index is 0.0602. The summed E-state index contributed by atoms with van der Waals surface area (Å²) in [6.07, 6.45) is 46.4. The lowest BCUT2D eigenvalue weighted by atomic mass is 9.96. The zero-order valence-corrected chi connectivity index (χ0v) is 90.3. The Labute approximate surface area is 861 Å². The lowest BCUT2D eigenvalue weighted by Crippen LogP contribution is -2.45. The summed E-state index contributed by atoms with van der Waals surface area (Å²) in [4.78, 5) is 69.5. The first kappa shape index (κ1) is 98.4. The van der Waals surface area contributed by atoms with Gasteiger partial charge in [0.25, 0.3) is 0 Å². The number of halogens is 6. The van der Waals surface area contributed by atoms with Crippen molar-refractivity contribution >= 4 is 291 Å². The van der Waals surface area contributed by atoms with E-state index in [4.69, 9.17) is 5.11 Å². The molecular weight excluding hydrogens is 2260 g/mol. The Morgan fingerprint density at radius 2 is 0.750 bits per heavy atom. The van der Waals surface area contributed by atoms with Gasteiger partial charge in [0.05, 0.1) is 180 Å². The first-order valence-corrected chi connectivity index (χ1v) is 53.8. The lowest BCUT2D eigenvalue weighted by Gasteiger charge is -2.32. The number of fused-ring (bicyclic) bond motifs is 6. The van der Waals surface area contributed by atoms with Gasteiger partial charge in [0.1, 0.15) is 33.3 Å². The van der Waals surface area contributed by atoms with E-state index in [0.717, 1.165) is 207 Å². The van der Waals surface area contributed by atoms with Crippen LogP contribution in [0.5, 0.6) is 0 Å². The van der Waals surface area contributed by atoms with Gasteiger partial charge in [-0.3, -0.25) is 28.3 Å². The number of piperidine rings is 1. The first-order valence-electron chi connectivity index (χ1n) is 44.7. The average molecular weight is 2360 g/mol. The summed E-state index contributed by atoms with van der Waals surface area (Å²) in [5.74, 6) is 3.53. The number of aliphatic hydroxyl groups excluding tert-OH is 1. The maximum Gasteiger partial charge on any atom is 0.228 e. The molecule has 3 aliphatic heterocycles. The molecule has 1 aliphatic carbocycles. The SMILES string of the molecule is Cc1sc2cnc(Nc3c[nH][n+](C)c3)nc2c1Br.Cc1sc2cnc(Nc3cnn(C4CCN(C)CC4)c3)nc2c1Br.Cc1sc2cnc(Nc3cnn(CCCN4CCCC4)c3)nc2c1Br.Cc1sc2cnc(Nc3cnn(CCN4CCN(C)CC4)c3)nc2c1Br.Cc1sc2cnc(Nc3cnn(CCO)c3)nc2c1Br.Ic1cccc2cnc(Nc3cnn(C4CCCCC4)c3)nc12. The van der Waals surface area contributed by atoms with Gasteiger partial charge in [-0.1, -0.05) is 31.4 Å². The number of nitrogens with one attached hydrogen (secondary N) is 7. The van der Waals surface area contributed by atoms with Crippen LogP contribution in [-0.2, 0) is 26.7 Å². The number of nitrogens with zero attached hydrogens (tertiary/aromatic N) is 27. The molecule has 0 atom stereocenters. The van der Waals surface area contributed by atoms with Gasteiger partial charge in [-0.15, -0.1) is 61.4 Å². The van der Waals surface area contributed by atoms with E-state index in [2.05, 4.69) is 314 Å². The minimum Gasteiger partial charge on any atom is -0.394 e. The first-order chi connectivity index (χ1) is 66.0. The second-order valence-corrected chi connectivity index (χ2v) is 44.9. The number of rotatable bonds is 23. The van der Waals surface area contributed by atoms with E-state index >= 15 is 0 Å². The number of benzene rings is 1. The molecule has 1 aromatic carbocycles. The Morgan fingerprint density at radius 1 is 0.390 bits per heavy atom. The van der Waals surface area contributed by atoms with Crippen LogP contribution in [0.1, 0.15) is 101 Å². The highest BCUT2D eigenvalue weighted by Gasteiger charge is 2.24. The van der Waals surface area contributed by atoms with Crippen molar-refractivity contribution in [3.63, 3.8) is 0 Å². The van der Waals surface area contributed by atoms with Crippen molar-refractivity contribution in [2.75, 3.05) is 118 Å². The van der Waals surface area contributed by atoms with Crippen molar-refractivity contribution in [1.82, 2.24) is 133 Å². The summed E-state index contributed by atoms with van der Waals surface area (Å²) in [5.41, 5.74) is 11.1. The number of aryl methyl sites for hydroxylation is 7. The monoisotopic (exact) mass is 2360 g/mol. The molecular formula is C90H103Br5IN34OS5+. The van der Waals surface area contributed by atoms with Crippen LogP contribution in [0.4, 0.5) is 69.8 Å². The molecule has 17 aromatic heterocycles. The topological polar surface area (TPSA) is 369 Å². The third-order valence-electron chi connectivity index (χ3n) is 23.3. The van der Waals surface area contributed by atoms with Crippen LogP contribution < -0.4 is 36.6 Å². The molecule has 0 bridgehead atoms. The molecule has 0 amide bonds. The summed E-state index contributed by atoms with van der Waals surface area (Å²) in [5, 5.41) is 54.3. The van der Waals surface area contributed by atoms with Crippen molar-refractivity contribution in [1.29, 1.82) is 0 Å². The number of piperazine rings is 1. The molecule has 0 unspecified atom stereocenters. The smallest absolute Gasteiger partial charge is 0.228 e. The highest BCUT2D eigenvalue weighted by Crippen LogP contribution is 2.40. The fraction of sp³-hybridized carbons (Fsp3) is 0.378. The van der Waals surface area contributed by atoms with Crippen LogP contribution in [0.25, 0.3) is 62.0 Å². The maximum atomic E-state index is 8.86. The minimum absolute atomic E-state index is 0.0602. The van der Waals surface area contributed by atoms with Gasteiger partial charge in [0, 0.05) is 110 Å². The van der Waals surface area contributed by atoms with Crippen molar-refractivity contribution in [3.8, 4) is 0 Å². The molecule has 35 nitrogen and oxygen atoms in total. The van der Waals surface area contributed by atoms with Crippen LogP contribution in [0.3, 0.4) is 0 Å². The summed E-state index contributed by atoms with van der Waals surface area (Å²) < 4.78 is 23.4. The van der Waals surface area contributed by atoms with Crippen molar-refractivity contribution < 1.29 is 9.79 Å². The molecule has 46 heteroatoms. The van der Waals surface area contributed by atoms with Crippen LogP contribution in [-0.4, -0.2) is 225 Å².